The number of hydroxylamine groups is 3. The van der Waals surface area contributed by atoms with Gasteiger partial charge in [0.2, 0.25) is 0 Å². The van der Waals surface area contributed by atoms with E-state index < -0.39 is 0 Å². The van der Waals surface area contributed by atoms with Gasteiger partial charge >= 0.3 is 0 Å². The minimum Gasteiger partial charge on any atom is -0.632 e. The number of hydrogen-bond acceptors (Lipinski definition) is 1. The summed E-state index contributed by atoms with van der Waals surface area (Å²) < 4.78 is 0.0556. The lowest BCUT2D eigenvalue weighted by Gasteiger charge is -2.25. The van der Waals surface area contributed by atoms with Gasteiger partial charge in [0.15, 0.2) is 0 Å². The second kappa shape index (κ2) is 1.20. The molecule has 1 aliphatic heterocycles. The summed E-state index contributed by atoms with van der Waals surface area (Å²) in [5, 5.41) is 10.9. The molecule has 0 spiro atoms. The quantitative estimate of drug-likeness (QED) is 0.271. The Bertz CT molecular complexity index is 76.1. The van der Waals surface area contributed by atoms with Crippen molar-refractivity contribution < 1.29 is 4.65 Å². The van der Waals surface area contributed by atoms with Crippen LogP contribution in [0, 0.1) is 5.21 Å². The standard InChI is InChI=1S/C5H11NO/c1-5(2)6(7)3-4-6/h5H,3-4H2,1-2H3. The van der Waals surface area contributed by atoms with E-state index in [1.807, 2.05) is 13.8 Å². The molecule has 1 fully saturated rings. The van der Waals surface area contributed by atoms with Gasteiger partial charge in [-0.2, -0.15) is 0 Å². The van der Waals surface area contributed by atoms with Crippen molar-refractivity contribution >= 4 is 0 Å². The van der Waals surface area contributed by atoms with Crippen molar-refractivity contribution in [2.24, 2.45) is 0 Å². The maximum atomic E-state index is 10.9. The van der Waals surface area contributed by atoms with Crippen molar-refractivity contribution in [3.05, 3.63) is 5.21 Å². The van der Waals surface area contributed by atoms with E-state index in [-0.39, 0.29) is 4.65 Å². The summed E-state index contributed by atoms with van der Waals surface area (Å²) in [7, 11) is 0. The Labute approximate surface area is 43.9 Å². The molecule has 0 unspecified atom stereocenters. The van der Waals surface area contributed by atoms with Crippen molar-refractivity contribution in [2.75, 3.05) is 13.1 Å². The molecule has 0 saturated carbocycles. The van der Waals surface area contributed by atoms with E-state index in [4.69, 9.17) is 0 Å². The molecule has 0 atom stereocenters. The first-order valence-corrected chi connectivity index (χ1v) is 2.73. The number of nitrogens with zero attached hydrogens (tertiary/aromatic N) is 1. The van der Waals surface area contributed by atoms with E-state index in [9.17, 15) is 5.21 Å². The largest absolute Gasteiger partial charge is 0.632 e. The first-order valence-electron chi connectivity index (χ1n) is 2.73. The Balaban J connectivity index is 2.39. The molecular formula is C5H11NO. The minimum absolute atomic E-state index is 0.0556. The van der Waals surface area contributed by atoms with E-state index in [2.05, 4.69) is 0 Å². The topological polar surface area (TPSA) is 23.1 Å². The van der Waals surface area contributed by atoms with Crippen molar-refractivity contribution in [3.63, 3.8) is 0 Å². The van der Waals surface area contributed by atoms with E-state index in [1.54, 1.807) is 0 Å². The summed E-state index contributed by atoms with van der Waals surface area (Å²) in [6.45, 7) is 5.63. The van der Waals surface area contributed by atoms with Crippen LogP contribution in [0.15, 0.2) is 0 Å². The third-order valence-electron chi connectivity index (χ3n) is 1.61. The van der Waals surface area contributed by atoms with Gasteiger partial charge < -0.3 is 9.85 Å². The molecule has 1 aliphatic rings. The SMILES string of the molecule is CC(C)[N+]1([O-])CC1. The summed E-state index contributed by atoms with van der Waals surface area (Å²) in [6, 6.07) is 0.292. The van der Waals surface area contributed by atoms with Crippen LogP contribution in [0.1, 0.15) is 13.8 Å². The van der Waals surface area contributed by atoms with E-state index in [0.29, 0.717) is 6.04 Å². The Morgan fingerprint density at radius 2 is 1.86 bits per heavy atom. The first kappa shape index (κ1) is 5.06. The molecule has 0 bridgehead atoms. The Hall–Kier alpha value is -0.0800. The van der Waals surface area contributed by atoms with Crippen molar-refractivity contribution in [1.82, 2.24) is 0 Å². The molecule has 0 aromatic carbocycles. The summed E-state index contributed by atoms with van der Waals surface area (Å²) in [5.74, 6) is 0. The zero-order valence-corrected chi connectivity index (χ0v) is 4.85. The molecule has 0 aromatic rings. The van der Waals surface area contributed by atoms with Crippen LogP contribution in [-0.4, -0.2) is 23.8 Å². The third kappa shape index (κ3) is 0.763. The second-order valence-corrected chi connectivity index (χ2v) is 2.49. The fraction of sp³-hybridized carbons (Fsp3) is 1.00. The van der Waals surface area contributed by atoms with Crippen molar-refractivity contribution in [1.29, 1.82) is 0 Å². The van der Waals surface area contributed by atoms with Crippen LogP contribution < -0.4 is 0 Å². The molecule has 2 nitrogen and oxygen atoms in total. The summed E-state index contributed by atoms with van der Waals surface area (Å²) in [6.07, 6.45) is 0. The molecule has 0 N–H and O–H groups in total. The first-order chi connectivity index (χ1) is 3.15. The molecule has 0 radical (unpaired) electrons. The molecule has 0 aliphatic carbocycles. The van der Waals surface area contributed by atoms with E-state index >= 15 is 0 Å². The summed E-state index contributed by atoms with van der Waals surface area (Å²) >= 11 is 0. The maximum Gasteiger partial charge on any atom is 0.129 e. The fourth-order valence-electron chi connectivity index (χ4n) is 0.615. The Morgan fingerprint density at radius 3 is 1.86 bits per heavy atom. The van der Waals surface area contributed by atoms with Crippen LogP contribution in [0.5, 0.6) is 0 Å². The molecule has 0 amide bonds. The fourth-order valence-corrected chi connectivity index (χ4v) is 0.615. The second-order valence-electron chi connectivity index (χ2n) is 2.49. The van der Waals surface area contributed by atoms with Crippen molar-refractivity contribution in [2.45, 2.75) is 19.9 Å². The van der Waals surface area contributed by atoms with Gasteiger partial charge in [0.1, 0.15) is 13.1 Å². The minimum atomic E-state index is 0.0556. The van der Waals surface area contributed by atoms with Crippen LogP contribution in [-0.2, 0) is 0 Å². The third-order valence-corrected chi connectivity index (χ3v) is 1.61. The van der Waals surface area contributed by atoms with Crippen LogP contribution >= 0.6 is 0 Å². The van der Waals surface area contributed by atoms with Gasteiger partial charge in [-0.1, -0.05) is 0 Å². The van der Waals surface area contributed by atoms with E-state index in [0.717, 1.165) is 13.1 Å². The Kier molecular flexibility index (Phi) is 0.869. The molecule has 42 valence electrons. The van der Waals surface area contributed by atoms with Crippen molar-refractivity contribution in [3.8, 4) is 0 Å². The molecule has 2 heteroatoms. The number of rotatable bonds is 1. The van der Waals surface area contributed by atoms with Gasteiger partial charge in [-0.15, -0.1) is 0 Å². The number of hydrogen-bond donors (Lipinski definition) is 0. The molecular weight excluding hydrogens is 90.1 g/mol. The lowest BCUT2D eigenvalue weighted by molar-refractivity contribution is -0.769. The highest BCUT2D eigenvalue weighted by Crippen LogP contribution is 2.22. The molecule has 7 heavy (non-hydrogen) atoms. The highest BCUT2D eigenvalue weighted by atomic mass is 16.6. The van der Waals surface area contributed by atoms with Crippen LogP contribution in [0.3, 0.4) is 0 Å². The normalized spacial score (nSPS) is 25.7. The zero-order chi connectivity index (χ0) is 5.49. The van der Waals surface area contributed by atoms with E-state index in [1.165, 1.54) is 0 Å². The molecule has 1 heterocycles. The molecule has 1 rings (SSSR count). The predicted molar refractivity (Wildman–Crippen MR) is 28.5 cm³/mol. The predicted octanol–water partition coefficient (Wildman–Crippen LogP) is 0.723. The van der Waals surface area contributed by atoms with Crippen LogP contribution in [0.25, 0.3) is 0 Å². The monoisotopic (exact) mass is 101 g/mol. The van der Waals surface area contributed by atoms with Gasteiger partial charge in [-0.05, 0) is 13.8 Å². The van der Waals surface area contributed by atoms with Gasteiger partial charge in [0.25, 0.3) is 0 Å². The van der Waals surface area contributed by atoms with Crippen LogP contribution in [0.2, 0.25) is 0 Å². The van der Waals surface area contributed by atoms with Gasteiger partial charge in [0.05, 0.1) is 6.04 Å². The lowest BCUT2D eigenvalue weighted by Crippen LogP contribution is -2.25. The highest BCUT2D eigenvalue weighted by molar-refractivity contribution is 4.59. The van der Waals surface area contributed by atoms with Gasteiger partial charge in [-0.3, -0.25) is 0 Å². The van der Waals surface area contributed by atoms with Crippen LogP contribution in [0.4, 0.5) is 0 Å². The summed E-state index contributed by atoms with van der Waals surface area (Å²) in [4.78, 5) is 0. The average Bonchev–Trinajstić information content (AvgIpc) is 2.21. The lowest BCUT2D eigenvalue weighted by atomic mass is 10.4. The maximum absolute atomic E-state index is 10.9. The zero-order valence-electron chi connectivity index (χ0n) is 4.85. The molecule has 1 saturated heterocycles. The van der Waals surface area contributed by atoms with Gasteiger partial charge in [-0.25, -0.2) is 0 Å². The smallest absolute Gasteiger partial charge is 0.129 e. The highest BCUT2D eigenvalue weighted by Gasteiger charge is 2.35. The van der Waals surface area contributed by atoms with Gasteiger partial charge in [0, 0.05) is 0 Å². The summed E-state index contributed by atoms with van der Waals surface area (Å²) in [5.41, 5.74) is 0. The number of quaternary nitrogens is 1. The Morgan fingerprint density at radius 1 is 1.43 bits per heavy atom. The average molecular weight is 101 g/mol. The molecule has 0 aromatic heterocycles.